The third-order valence-electron chi connectivity index (χ3n) is 3.90. The second kappa shape index (κ2) is 8.66. The van der Waals surface area contributed by atoms with Crippen LogP contribution >= 0.6 is 11.8 Å². The van der Waals surface area contributed by atoms with E-state index >= 15 is 0 Å². The van der Waals surface area contributed by atoms with E-state index < -0.39 is 0 Å². The molecule has 4 heteroatoms. The topological polar surface area (TPSA) is 24.5 Å². The zero-order valence-corrected chi connectivity index (χ0v) is 14.3. The van der Waals surface area contributed by atoms with E-state index in [0.717, 1.165) is 31.5 Å². The van der Waals surface area contributed by atoms with Gasteiger partial charge in [-0.3, -0.25) is 4.90 Å². The Bertz CT molecular complexity index is 419. The highest BCUT2D eigenvalue weighted by atomic mass is 32.2. The molecule has 1 atom stereocenters. The predicted molar refractivity (Wildman–Crippen MR) is 92.3 cm³/mol. The van der Waals surface area contributed by atoms with Crippen molar-refractivity contribution in [2.75, 3.05) is 31.7 Å². The van der Waals surface area contributed by atoms with E-state index in [2.05, 4.69) is 61.1 Å². The molecule has 1 aromatic rings. The Balaban J connectivity index is 1.79. The first-order valence-corrected chi connectivity index (χ1v) is 9.04. The Morgan fingerprint density at radius 2 is 2.19 bits per heavy atom. The highest BCUT2D eigenvalue weighted by Crippen LogP contribution is 2.21. The largest absolute Gasteiger partial charge is 0.492 e. The van der Waals surface area contributed by atoms with Crippen molar-refractivity contribution in [3.05, 3.63) is 29.8 Å². The molecule has 3 nitrogen and oxygen atoms in total. The van der Waals surface area contributed by atoms with Crippen LogP contribution in [0.2, 0.25) is 0 Å². The molecule has 0 aromatic heterocycles. The molecule has 0 amide bonds. The third-order valence-corrected chi connectivity index (χ3v) is 5.05. The summed E-state index contributed by atoms with van der Waals surface area (Å²) in [5.74, 6) is 3.59. The fourth-order valence-electron chi connectivity index (χ4n) is 2.46. The minimum atomic E-state index is 0.490. The van der Waals surface area contributed by atoms with E-state index in [9.17, 15) is 0 Å². The van der Waals surface area contributed by atoms with Crippen molar-refractivity contribution in [3.8, 4) is 5.75 Å². The maximum atomic E-state index is 6.01. The number of ether oxygens (including phenoxy) is 1. The molecule has 21 heavy (non-hydrogen) atoms. The molecule has 0 bridgehead atoms. The molecule has 1 aromatic carbocycles. The zero-order chi connectivity index (χ0) is 15.1. The highest BCUT2D eigenvalue weighted by molar-refractivity contribution is 7.99. The van der Waals surface area contributed by atoms with Crippen molar-refractivity contribution >= 4 is 11.8 Å². The van der Waals surface area contributed by atoms with Crippen LogP contribution in [0.15, 0.2) is 24.3 Å². The van der Waals surface area contributed by atoms with Crippen LogP contribution in [0.25, 0.3) is 0 Å². The van der Waals surface area contributed by atoms with Crippen LogP contribution in [0, 0.1) is 0 Å². The molecule has 0 spiro atoms. The molecule has 1 N–H and O–H groups in total. The number of hydrogen-bond acceptors (Lipinski definition) is 4. The van der Waals surface area contributed by atoms with Gasteiger partial charge in [0.15, 0.2) is 0 Å². The van der Waals surface area contributed by atoms with Crippen LogP contribution in [0.4, 0.5) is 0 Å². The molecule has 118 valence electrons. The number of nitrogens with zero attached hydrogens (tertiary/aromatic N) is 1. The Kier molecular flexibility index (Phi) is 6.87. The van der Waals surface area contributed by atoms with Gasteiger partial charge in [0.25, 0.3) is 0 Å². The number of benzene rings is 1. The van der Waals surface area contributed by atoms with Gasteiger partial charge in [0.1, 0.15) is 12.4 Å². The predicted octanol–water partition coefficient (Wildman–Crippen LogP) is 3.00. The van der Waals surface area contributed by atoms with Crippen molar-refractivity contribution in [1.29, 1.82) is 0 Å². The maximum Gasteiger partial charge on any atom is 0.123 e. The first-order valence-electron chi connectivity index (χ1n) is 7.89. The number of hydrogen-bond donors (Lipinski definition) is 1. The lowest BCUT2D eigenvalue weighted by molar-refractivity contribution is 0.201. The van der Waals surface area contributed by atoms with Crippen molar-refractivity contribution in [2.45, 2.75) is 38.9 Å². The zero-order valence-electron chi connectivity index (χ0n) is 13.5. The van der Waals surface area contributed by atoms with E-state index in [4.69, 9.17) is 4.74 Å². The summed E-state index contributed by atoms with van der Waals surface area (Å²) in [5.41, 5.74) is 1.24. The molecule has 0 radical (unpaired) electrons. The molecular weight excluding hydrogens is 280 g/mol. The molecule has 2 rings (SSSR count). The van der Waals surface area contributed by atoms with Gasteiger partial charge >= 0.3 is 0 Å². The standard InChI is InChI=1S/C17H28N2OS/c1-14(2)18-12-15-6-4-5-7-17(15)20-10-9-19(3)16-8-11-21-13-16/h4-7,14,16,18H,8-13H2,1-3H3. The molecular formula is C17H28N2OS. The summed E-state index contributed by atoms with van der Waals surface area (Å²) >= 11 is 2.06. The summed E-state index contributed by atoms with van der Waals surface area (Å²) < 4.78 is 6.01. The first-order chi connectivity index (χ1) is 10.2. The Morgan fingerprint density at radius 3 is 2.90 bits per heavy atom. The van der Waals surface area contributed by atoms with Gasteiger partial charge in [-0.25, -0.2) is 0 Å². The lowest BCUT2D eigenvalue weighted by Crippen LogP contribution is -2.34. The van der Waals surface area contributed by atoms with Crippen LogP contribution in [0.1, 0.15) is 25.8 Å². The van der Waals surface area contributed by atoms with Crippen molar-refractivity contribution in [1.82, 2.24) is 10.2 Å². The second-order valence-electron chi connectivity index (χ2n) is 5.99. The molecule has 1 heterocycles. The molecule has 1 saturated heterocycles. The first kappa shape index (κ1) is 16.7. The Labute approximate surface area is 133 Å². The van der Waals surface area contributed by atoms with Crippen LogP contribution < -0.4 is 10.1 Å². The lowest BCUT2D eigenvalue weighted by atomic mass is 10.2. The summed E-state index contributed by atoms with van der Waals surface area (Å²) in [7, 11) is 2.21. The van der Waals surface area contributed by atoms with Crippen molar-refractivity contribution < 1.29 is 4.74 Å². The normalized spacial score (nSPS) is 18.6. The van der Waals surface area contributed by atoms with Crippen LogP contribution in [-0.2, 0) is 6.54 Å². The van der Waals surface area contributed by atoms with Crippen LogP contribution in [0.3, 0.4) is 0 Å². The van der Waals surface area contributed by atoms with E-state index in [1.165, 1.54) is 23.5 Å². The third kappa shape index (κ3) is 5.53. The highest BCUT2D eigenvalue weighted by Gasteiger charge is 2.19. The summed E-state index contributed by atoms with van der Waals surface area (Å²) in [6.45, 7) is 6.95. The van der Waals surface area contributed by atoms with E-state index in [0.29, 0.717) is 6.04 Å². The molecule has 1 fully saturated rings. The Morgan fingerprint density at radius 1 is 1.38 bits per heavy atom. The van der Waals surface area contributed by atoms with Gasteiger partial charge in [-0.05, 0) is 25.3 Å². The van der Waals surface area contributed by atoms with Gasteiger partial charge in [-0.1, -0.05) is 32.0 Å². The van der Waals surface area contributed by atoms with Gasteiger partial charge in [0.05, 0.1) is 0 Å². The molecule has 1 unspecified atom stereocenters. The van der Waals surface area contributed by atoms with Crippen LogP contribution in [-0.4, -0.2) is 48.7 Å². The minimum absolute atomic E-state index is 0.490. The second-order valence-corrected chi connectivity index (χ2v) is 7.14. The number of para-hydroxylation sites is 1. The SMILES string of the molecule is CC(C)NCc1ccccc1OCCN(C)C1CCSC1. The van der Waals surface area contributed by atoms with E-state index in [1.54, 1.807) is 0 Å². The van der Waals surface area contributed by atoms with Gasteiger partial charge < -0.3 is 10.1 Å². The fraction of sp³-hybridized carbons (Fsp3) is 0.647. The maximum absolute atomic E-state index is 6.01. The van der Waals surface area contributed by atoms with E-state index in [1.807, 2.05) is 6.07 Å². The average molecular weight is 308 g/mol. The van der Waals surface area contributed by atoms with Crippen molar-refractivity contribution in [3.63, 3.8) is 0 Å². The summed E-state index contributed by atoms with van der Waals surface area (Å²) in [6.07, 6.45) is 1.32. The van der Waals surface area contributed by atoms with Crippen molar-refractivity contribution in [2.24, 2.45) is 0 Å². The fourth-order valence-corrected chi connectivity index (χ4v) is 3.76. The van der Waals surface area contributed by atoms with Gasteiger partial charge in [0, 0.05) is 36.5 Å². The number of rotatable bonds is 8. The molecule has 0 aliphatic carbocycles. The lowest BCUT2D eigenvalue weighted by Gasteiger charge is -2.23. The average Bonchev–Trinajstić information content (AvgIpc) is 3.00. The molecule has 1 aliphatic rings. The number of nitrogens with one attached hydrogen (secondary N) is 1. The number of thioether (sulfide) groups is 1. The van der Waals surface area contributed by atoms with Gasteiger partial charge in [-0.2, -0.15) is 11.8 Å². The summed E-state index contributed by atoms with van der Waals surface area (Å²) in [5, 5.41) is 3.45. The van der Waals surface area contributed by atoms with Gasteiger partial charge in [-0.15, -0.1) is 0 Å². The smallest absolute Gasteiger partial charge is 0.123 e. The molecule has 0 saturated carbocycles. The quantitative estimate of drug-likeness (QED) is 0.798. The van der Waals surface area contributed by atoms with Crippen LogP contribution in [0.5, 0.6) is 5.75 Å². The van der Waals surface area contributed by atoms with Gasteiger partial charge in [0.2, 0.25) is 0 Å². The molecule has 1 aliphatic heterocycles. The minimum Gasteiger partial charge on any atom is -0.492 e. The summed E-state index contributed by atoms with van der Waals surface area (Å²) in [6, 6.07) is 9.56. The Hall–Kier alpha value is -0.710. The monoisotopic (exact) mass is 308 g/mol. The summed E-state index contributed by atoms with van der Waals surface area (Å²) in [4.78, 5) is 2.44. The number of likely N-dealkylation sites (N-methyl/N-ethyl adjacent to an activating group) is 1. The van der Waals surface area contributed by atoms with E-state index in [-0.39, 0.29) is 0 Å².